The number of halogens is 1. The summed E-state index contributed by atoms with van der Waals surface area (Å²) in [6, 6.07) is 7.34. The van der Waals surface area contributed by atoms with E-state index in [0.29, 0.717) is 35.9 Å². The first-order valence-electron chi connectivity index (χ1n) is 9.49. The number of morpholine rings is 1. The van der Waals surface area contributed by atoms with Crippen LogP contribution in [0.15, 0.2) is 30.9 Å². The van der Waals surface area contributed by atoms with Crippen LogP contribution < -0.4 is 5.32 Å². The predicted octanol–water partition coefficient (Wildman–Crippen LogP) is 1.41. The molecule has 2 heterocycles. The minimum absolute atomic E-state index is 0.173. The molecule has 0 atom stereocenters. The Labute approximate surface area is 174 Å². The highest BCUT2D eigenvalue weighted by atomic mass is 35.5. The average molecular weight is 418 g/mol. The molecular weight excluding hydrogens is 394 g/mol. The molecule has 3 rings (SSSR count). The van der Waals surface area contributed by atoms with Crippen LogP contribution in [0.5, 0.6) is 0 Å². The first kappa shape index (κ1) is 21.2. The van der Waals surface area contributed by atoms with E-state index in [2.05, 4.69) is 26.4 Å². The van der Waals surface area contributed by atoms with Gasteiger partial charge in [0.2, 0.25) is 5.91 Å². The number of aromatic nitrogens is 3. The molecule has 2 aromatic rings. The number of benzene rings is 1. The van der Waals surface area contributed by atoms with Crippen LogP contribution in [-0.4, -0.2) is 83.0 Å². The predicted molar refractivity (Wildman–Crippen MR) is 109 cm³/mol. The smallest absolute Gasteiger partial charge is 0.238 e. The standard InChI is InChI=1S/C19H24ClN7O2/c20-16-2-3-18(27-15-22-14-23-27)17(12-16)24-19(28)13-26(5-1-4-21)7-6-25-8-10-29-11-9-25/h2-3,12,14-15H,1,5-11,13H2,(H,24,28). The molecule has 1 amide bonds. The third kappa shape index (κ3) is 6.51. The van der Waals surface area contributed by atoms with Crippen molar-refractivity contribution >= 4 is 23.2 Å². The first-order valence-corrected chi connectivity index (χ1v) is 9.87. The zero-order valence-electron chi connectivity index (χ0n) is 16.1. The highest BCUT2D eigenvalue weighted by Gasteiger charge is 2.16. The number of nitrogens with one attached hydrogen (secondary N) is 1. The number of nitrogens with zero attached hydrogens (tertiary/aromatic N) is 6. The fourth-order valence-electron chi connectivity index (χ4n) is 3.12. The topological polar surface area (TPSA) is 99.3 Å². The lowest BCUT2D eigenvalue weighted by molar-refractivity contribution is -0.117. The monoisotopic (exact) mass is 417 g/mol. The van der Waals surface area contributed by atoms with Crippen molar-refractivity contribution in [2.45, 2.75) is 6.42 Å². The Kier molecular flexibility index (Phi) is 7.95. The van der Waals surface area contributed by atoms with Crippen LogP contribution in [0.4, 0.5) is 5.69 Å². The van der Waals surface area contributed by atoms with Crippen LogP contribution in [0, 0.1) is 11.3 Å². The van der Waals surface area contributed by atoms with Crippen molar-refractivity contribution in [2.24, 2.45) is 0 Å². The van der Waals surface area contributed by atoms with E-state index in [1.54, 1.807) is 29.2 Å². The number of ether oxygens (including phenoxy) is 1. The molecule has 0 spiro atoms. The molecule has 9 nitrogen and oxygen atoms in total. The van der Waals surface area contributed by atoms with Gasteiger partial charge in [-0.15, -0.1) is 0 Å². The van der Waals surface area contributed by atoms with Gasteiger partial charge in [-0.3, -0.25) is 14.6 Å². The van der Waals surface area contributed by atoms with E-state index < -0.39 is 0 Å². The van der Waals surface area contributed by atoms with Gasteiger partial charge in [0.05, 0.1) is 37.2 Å². The Morgan fingerprint density at radius 1 is 1.34 bits per heavy atom. The molecule has 1 N–H and O–H groups in total. The van der Waals surface area contributed by atoms with Crippen LogP contribution in [0.1, 0.15) is 6.42 Å². The number of amides is 1. The lowest BCUT2D eigenvalue weighted by Crippen LogP contribution is -2.43. The second-order valence-corrected chi connectivity index (χ2v) is 7.12. The third-order valence-corrected chi connectivity index (χ3v) is 4.88. The lowest BCUT2D eigenvalue weighted by Gasteiger charge is -2.29. The molecule has 0 aliphatic carbocycles. The molecule has 1 aromatic carbocycles. The van der Waals surface area contributed by atoms with Gasteiger partial charge in [-0.25, -0.2) is 9.67 Å². The summed E-state index contributed by atoms with van der Waals surface area (Å²) in [5.41, 5.74) is 1.23. The van der Waals surface area contributed by atoms with Gasteiger partial charge in [0.15, 0.2) is 0 Å². The molecular formula is C19H24ClN7O2. The van der Waals surface area contributed by atoms with E-state index in [1.807, 2.05) is 4.90 Å². The second-order valence-electron chi connectivity index (χ2n) is 6.69. The SMILES string of the molecule is N#CCCN(CCN1CCOCC1)CC(=O)Nc1cc(Cl)ccc1-n1cncn1. The van der Waals surface area contributed by atoms with Crippen LogP contribution >= 0.6 is 11.6 Å². The van der Waals surface area contributed by atoms with E-state index in [1.165, 1.54) is 6.33 Å². The number of carbonyl (C=O) groups is 1. The molecule has 0 unspecified atom stereocenters. The molecule has 1 saturated heterocycles. The van der Waals surface area contributed by atoms with Gasteiger partial charge in [0.25, 0.3) is 0 Å². The maximum Gasteiger partial charge on any atom is 0.238 e. The van der Waals surface area contributed by atoms with Crippen LogP contribution in [0.25, 0.3) is 5.69 Å². The van der Waals surface area contributed by atoms with E-state index >= 15 is 0 Å². The van der Waals surface area contributed by atoms with Crippen molar-refractivity contribution in [2.75, 3.05) is 57.8 Å². The molecule has 29 heavy (non-hydrogen) atoms. The van der Waals surface area contributed by atoms with Gasteiger partial charge in [-0.05, 0) is 18.2 Å². The van der Waals surface area contributed by atoms with Gasteiger partial charge in [0, 0.05) is 44.2 Å². The molecule has 1 aromatic heterocycles. The molecule has 1 fully saturated rings. The van der Waals surface area contributed by atoms with Crippen LogP contribution in [0.3, 0.4) is 0 Å². The number of nitriles is 1. The van der Waals surface area contributed by atoms with Gasteiger partial charge in [0.1, 0.15) is 12.7 Å². The summed E-state index contributed by atoms with van der Waals surface area (Å²) < 4.78 is 6.94. The van der Waals surface area contributed by atoms with Gasteiger partial charge in [-0.1, -0.05) is 11.6 Å². The Morgan fingerprint density at radius 3 is 2.90 bits per heavy atom. The molecule has 0 radical (unpaired) electrons. The van der Waals surface area contributed by atoms with Crippen LogP contribution in [0.2, 0.25) is 5.02 Å². The third-order valence-electron chi connectivity index (χ3n) is 4.64. The Hall–Kier alpha value is -2.51. The zero-order valence-corrected chi connectivity index (χ0v) is 16.9. The highest BCUT2D eigenvalue weighted by Crippen LogP contribution is 2.23. The molecule has 0 bridgehead atoms. The van der Waals surface area contributed by atoms with Gasteiger partial charge in [-0.2, -0.15) is 10.4 Å². The maximum atomic E-state index is 12.7. The lowest BCUT2D eigenvalue weighted by atomic mass is 10.2. The van der Waals surface area contributed by atoms with Gasteiger partial charge < -0.3 is 10.1 Å². The fourth-order valence-corrected chi connectivity index (χ4v) is 3.29. The first-order chi connectivity index (χ1) is 14.2. The molecule has 0 saturated carbocycles. The molecule has 1 aliphatic heterocycles. The number of carbonyl (C=O) groups excluding carboxylic acids is 1. The number of hydrogen-bond acceptors (Lipinski definition) is 7. The summed E-state index contributed by atoms with van der Waals surface area (Å²) >= 11 is 6.11. The Morgan fingerprint density at radius 2 is 2.17 bits per heavy atom. The van der Waals surface area contributed by atoms with Crippen molar-refractivity contribution in [3.63, 3.8) is 0 Å². The van der Waals surface area contributed by atoms with Crippen molar-refractivity contribution < 1.29 is 9.53 Å². The van der Waals surface area contributed by atoms with E-state index in [-0.39, 0.29) is 12.5 Å². The normalized spacial score (nSPS) is 14.7. The van der Waals surface area contributed by atoms with Crippen LogP contribution in [-0.2, 0) is 9.53 Å². The second kappa shape index (κ2) is 10.9. The van der Waals surface area contributed by atoms with E-state index in [0.717, 1.165) is 32.8 Å². The average Bonchev–Trinajstić information content (AvgIpc) is 3.25. The largest absolute Gasteiger partial charge is 0.379 e. The fraction of sp³-hybridized carbons (Fsp3) is 0.474. The summed E-state index contributed by atoms with van der Waals surface area (Å²) in [5.74, 6) is -0.173. The number of hydrogen-bond donors (Lipinski definition) is 1. The molecule has 154 valence electrons. The summed E-state index contributed by atoms with van der Waals surface area (Å²) in [4.78, 5) is 21.0. The summed E-state index contributed by atoms with van der Waals surface area (Å²) in [6.07, 6.45) is 3.35. The maximum absolute atomic E-state index is 12.7. The minimum Gasteiger partial charge on any atom is -0.379 e. The zero-order chi connectivity index (χ0) is 20.5. The van der Waals surface area contributed by atoms with Crippen molar-refractivity contribution in [3.05, 3.63) is 35.9 Å². The highest BCUT2D eigenvalue weighted by molar-refractivity contribution is 6.31. The quantitative estimate of drug-likeness (QED) is 0.658. The van der Waals surface area contributed by atoms with Crippen molar-refractivity contribution in [3.8, 4) is 11.8 Å². The minimum atomic E-state index is -0.173. The van der Waals surface area contributed by atoms with Gasteiger partial charge >= 0.3 is 0 Å². The molecule has 1 aliphatic rings. The summed E-state index contributed by atoms with van der Waals surface area (Å²) in [7, 11) is 0. The number of rotatable bonds is 9. The van der Waals surface area contributed by atoms with E-state index in [9.17, 15) is 4.79 Å². The Bertz CT molecular complexity index is 832. The summed E-state index contributed by atoms with van der Waals surface area (Å²) in [5, 5.41) is 16.5. The summed E-state index contributed by atoms with van der Waals surface area (Å²) in [6.45, 7) is 5.53. The molecule has 10 heteroatoms. The van der Waals surface area contributed by atoms with Crippen molar-refractivity contribution in [1.29, 1.82) is 5.26 Å². The van der Waals surface area contributed by atoms with Crippen molar-refractivity contribution in [1.82, 2.24) is 24.6 Å². The van der Waals surface area contributed by atoms with E-state index in [4.69, 9.17) is 21.6 Å². The number of anilines is 1. The Balaban J connectivity index is 1.62.